The maximum Gasteiger partial charge on any atom is 0.309 e. The first-order valence-corrected chi connectivity index (χ1v) is 7.37. The van der Waals surface area contributed by atoms with Crippen molar-refractivity contribution in [3.8, 4) is 0 Å². The molecule has 0 aliphatic carbocycles. The highest BCUT2D eigenvalue weighted by Gasteiger charge is 2.21. The molecule has 0 aromatic carbocycles. The van der Waals surface area contributed by atoms with E-state index in [2.05, 4.69) is 0 Å². The molecule has 0 heterocycles. The van der Waals surface area contributed by atoms with Gasteiger partial charge in [0, 0.05) is 0 Å². The van der Waals surface area contributed by atoms with Gasteiger partial charge < -0.3 is 9.47 Å². The summed E-state index contributed by atoms with van der Waals surface area (Å²) < 4.78 is 10.5. The molecule has 19 heavy (non-hydrogen) atoms. The Kier molecular flexibility index (Phi) is 9.27. The maximum atomic E-state index is 11.7. The van der Waals surface area contributed by atoms with E-state index in [9.17, 15) is 9.59 Å². The van der Waals surface area contributed by atoms with E-state index in [1.165, 1.54) is 0 Å². The summed E-state index contributed by atoms with van der Waals surface area (Å²) in [4.78, 5) is 23.4. The number of carbonyl (C=O) groups is 2. The smallest absolute Gasteiger partial charge is 0.309 e. The average Bonchev–Trinajstić information content (AvgIpc) is 2.39. The zero-order valence-electron chi connectivity index (χ0n) is 12.9. The molecule has 0 saturated carbocycles. The van der Waals surface area contributed by atoms with Gasteiger partial charge in [0.15, 0.2) is 0 Å². The molecule has 0 fully saturated rings. The Hall–Kier alpha value is -1.06. The lowest BCUT2D eigenvalue weighted by Gasteiger charge is -2.18. The molecule has 0 aromatic heterocycles. The summed E-state index contributed by atoms with van der Waals surface area (Å²) in [6.07, 6.45) is 2.71. The second-order valence-corrected chi connectivity index (χ2v) is 4.90. The van der Waals surface area contributed by atoms with Crippen LogP contribution < -0.4 is 0 Å². The number of carbonyl (C=O) groups excluding carboxylic acids is 2. The Morgan fingerprint density at radius 3 is 1.68 bits per heavy atom. The average molecular weight is 272 g/mol. The van der Waals surface area contributed by atoms with Crippen LogP contribution in [0.2, 0.25) is 0 Å². The minimum Gasteiger partial charge on any atom is -0.462 e. The number of rotatable bonds is 9. The van der Waals surface area contributed by atoms with Crippen LogP contribution in [0.4, 0.5) is 0 Å². The van der Waals surface area contributed by atoms with Crippen LogP contribution in [0.1, 0.15) is 60.3 Å². The lowest BCUT2D eigenvalue weighted by Crippen LogP contribution is -2.27. The van der Waals surface area contributed by atoms with Crippen molar-refractivity contribution >= 4 is 11.9 Å². The van der Waals surface area contributed by atoms with Crippen molar-refractivity contribution in [3.63, 3.8) is 0 Å². The van der Waals surface area contributed by atoms with E-state index in [-0.39, 0.29) is 36.5 Å². The quantitative estimate of drug-likeness (QED) is 0.604. The van der Waals surface area contributed by atoms with Gasteiger partial charge in [0.1, 0.15) is 12.7 Å². The molecule has 0 amide bonds. The molecular formula is C15H28O4. The number of esters is 2. The molecule has 0 aliphatic rings. The first-order valence-electron chi connectivity index (χ1n) is 7.37. The molecule has 0 bridgehead atoms. The van der Waals surface area contributed by atoms with Crippen molar-refractivity contribution in [2.24, 2.45) is 11.8 Å². The lowest BCUT2D eigenvalue weighted by atomic mass is 10.0. The molecule has 0 rings (SSSR count). The van der Waals surface area contributed by atoms with E-state index in [1.807, 2.05) is 27.7 Å². The summed E-state index contributed by atoms with van der Waals surface area (Å²) in [6, 6.07) is 0. The van der Waals surface area contributed by atoms with Gasteiger partial charge in [-0.05, 0) is 32.6 Å². The van der Waals surface area contributed by atoms with Gasteiger partial charge in [-0.1, -0.05) is 27.7 Å². The van der Waals surface area contributed by atoms with Gasteiger partial charge in [0.25, 0.3) is 0 Å². The van der Waals surface area contributed by atoms with Crippen molar-refractivity contribution in [1.82, 2.24) is 0 Å². The van der Waals surface area contributed by atoms with Gasteiger partial charge in [-0.25, -0.2) is 0 Å². The number of ether oxygens (including phenoxy) is 2. The van der Waals surface area contributed by atoms with Crippen LogP contribution in [0, 0.1) is 11.8 Å². The molecule has 0 aromatic rings. The summed E-state index contributed by atoms with van der Waals surface area (Å²) >= 11 is 0. The summed E-state index contributed by atoms with van der Waals surface area (Å²) in [7, 11) is 0. The topological polar surface area (TPSA) is 52.6 Å². The van der Waals surface area contributed by atoms with Gasteiger partial charge in [-0.2, -0.15) is 0 Å². The fourth-order valence-corrected chi connectivity index (χ4v) is 1.89. The fraction of sp³-hybridized carbons (Fsp3) is 0.867. The van der Waals surface area contributed by atoms with E-state index in [0.717, 1.165) is 25.7 Å². The van der Waals surface area contributed by atoms with Crippen LogP contribution in [-0.4, -0.2) is 24.6 Å². The molecule has 0 spiro atoms. The zero-order chi connectivity index (χ0) is 14.8. The first-order chi connectivity index (χ1) is 8.99. The molecule has 112 valence electrons. The Morgan fingerprint density at radius 1 is 0.842 bits per heavy atom. The lowest BCUT2D eigenvalue weighted by molar-refractivity contribution is -0.163. The van der Waals surface area contributed by atoms with Gasteiger partial charge in [0.05, 0.1) is 11.8 Å². The van der Waals surface area contributed by atoms with E-state index >= 15 is 0 Å². The fourth-order valence-electron chi connectivity index (χ4n) is 1.89. The predicted molar refractivity (Wildman–Crippen MR) is 74.7 cm³/mol. The molecule has 4 heteroatoms. The van der Waals surface area contributed by atoms with Gasteiger partial charge in [-0.3, -0.25) is 9.59 Å². The maximum absolute atomic E-state index is 11.7. The van der Waals surface area contributed by atoms with Crippen LogP contribution in [0.5, 0.6) is 0 Å². The minimum absolute atomic E-state index is 0.0538. The Balaban J connectivity index is 4.08. The molecule has 0 aliphatic heterocycles. The summed E-state index contributed by atoms with van der Waals surface area (Å²) in [5.41, 5.74) is 0. The van der Waals surface area contributed by atoms with Crippen molar-refractivity contribution in [3.05, 3.63) is 0 Å². The largest absolute Gasteiger partial charge is 0.462 e. The third-order valence-electron chi connectivity index (χ3n) is 3.42. The highest BCUT2D eigenvalue weighted by atomic mass is 16.6. The van der Waals surface area contributed by atoms with E-state index in [1.54, 1.807) is 6.92 Å². The molecule has 1 atom stereocenters. The van der Waals surface area contributed by atoms with Gasteiger partial charge in [-0.15, -0.1) is 0 Å². The van der Waals surface area contributed by atoms with Crippen LogP contribution >= 0.6 is 0 Å². The molecule has 1 unspecified atom stereocenters. The minimum atomic E-state index is -0.383. The standard InChI is InChI=1S/C15H28O4/c1-6-12(7-2)14(16)18-10-11(5)19-15(17)13(8-3)9-4/h11-13H,6-10H2,1-5H3. The Labute approximate surface area is 116 Å². The van der Waals surface area contributed by atoms with E-state index < -0.39 is 0 Å². The molecular weight excluding hydrogens is 244 g/mol. The van der Waals surface area contributed by atoms with Crippen molar-refractivity contribution in [2.75, 3.05) is 6.61 Å². The third kappa shape index (κ3) is 6.60. The van der Waals surface area contributed by atoms with Gasteiger partial charge >= 0.3 is 11.9 Å². The molecule has 0 saturated heterocycles. The van der Waals surface area contributed by atoms with E-state index in [4.69, 9.17) is 9.47 Å². The Bertz CT molecular complexity index is 267. The monoisotopic (exact) mass is 272 g/mol. The second-order valence-electron chi connectivity index (χ2n) is 4.90. The first kappa shape index (κ1) is 17.9. The number of hydrogen-bond donors (Lipinski definition) is 0. The van der Waals surface area contributed by atoms with Crippen LogP contribution in [0.15, 0.2) is 0 Å². The van der Waals surface area contributed by atoms with Crippen molar-refractivity contribution in [1.29, 1.82) is 0 Å². The summed E-state index contributed by atoms with van der Waals surface area (Å²) in [5, 5.41) is 0. The third-order valence-corrected chi connectivity index (χ3v) is 3.42. The zero-order valence-corrected chi connectivity index (χ0v) is 12.9. The van der Waals surface area contributed by atoms with Crippen LogP contribution in [0.25, 0.3) is 0 Å². The van der Waals surface area contributed by atoms with Crippen LogP contribution in [-0.2, 0) is 19.1 Å². The summed E-state index contributed by atoms with van der Waals surface area (Å²) in [6.45, 7) is 9.75. The van der Waals surface area contributed by atoms with Crippen molar-refractivity contribution < 1.29 is 19.1 Å². The second kappa shape index (κ2) is 9.82. The van der Waals surface area contributed by atoms with E-state index in [0.29, 0.717) is 0 Å². The molecule has 4 nitrogen and oxygen atoms in total. The normalized spacial score (nSPS) is 12.6. The van der Waals surface area contributed by atoms with Crippen LogP contribution in [0.3, 0.4) is 0 Å². The highest BCUT2D eigenvalue weighted by Crippen LogP contribution is 2.13. The van der Waals surface area contributed by atoms with Gasteiger partial charge in [0.2, 0.25) is 0 Å². The molecule has 0 N–H and O–H groups in total. The summed E-state index contributed by atoms with van der Waals surface area (Å²) in [5.74, 6) is -0.509. The Morgan fingerprint density at radius 2 is 1.26 bits per heavy atom. The number of hydrogen-bond acceptors (Lipinski definition) is 4. The van der Waals surface area contributed by atoms with Crippen molar-refractivity contribution in [2.45, 2.75) is 66.4 Å². The predicted octanol–water partition coefficient (Wildman–Crippen LogP) is 3.33. The molecule has 0 radical (unpaired) electrons. The highest BCUT2D eigenvalue weighted by molar-refractivity contribution is 5.73. The SMILES string of the molecule is CCC(CC)C(=O)OCC(C)OC(=O)C(CC)CC.